The Morgan fingerprint density at radius 3 is 3.22 bits per heavy atom. The molecule has 0 radical (unpaired) electrons. The van der Waals surface area contributed by atoms with E-state index in [9.17, 15) is 4.79 Å². The molecule has 18 heavy (non-hydrogen) atoms. The van der Waals surface area contributed by atoms with Gasteiger partial charge in [0.25, 0.3) is 0 Å². The predicted octanol–water partition coefficient (Wildman–Crippen LogP) is 2.28. The van der Waals surface area contributed by atoms with Crippen LogP contribution in [-0.2, 0) is 11.2 Å². The van der Waals surface area contributed by atoms with Crippen LogP contribution >= 0.6 is 11.3 Å². The van der Waals surface area contributed by atoms with E-state index in [0.717, 1.165) is 19.5 Å². The molecule has 1 unspecified atom stereocenters. The summed E-state index contributed by atoms with van der Waals surface area (Å²) in [7, 11) is 0. The molecular weight excluding hydrogens is 244 g/mol. The summed E-state index contributed by atoms with van der Waals surface area (Å²) in [6, 6.07) is 4.68. The zero-order valence-electron chi connectivity index (χ0n) is 11.0. The van der Waals surface area contributed by atoms with Crippen molar-refractivity contribution in [1.29, 1.82) is 0 Å². The number of rotatable bonds is 6. The first-order valence-corrected chi connectivity index (χ1v) is 7.70. The Bertz CT molecular complexity index is 364. The second kappa shape index (κ2) is 6.90. The number of amides is 1. The Morgan fingerprint density at radius 2 is 2.50 bits per heavy atom. The number of likely N-dealkylation sites (tertiary alicyclic amines) is 1. The van der Waals surface area contributed by atoms with Crippen LogP contribution in [0, 0.1) is 0 Å². The number of carbonyl (C=O) groups is 1. The van der Waals surface area contributed by atoms with E-state index in [-0.39, 0.29) is 5.91 Å². The van der Waals surface area contributed by atoms with Gasteiger partial charge in [0.1, 0.15) is 0 Å². The van der Waals surface area contributed by atoms with Gasteiger partial charge in [-0.3, -0.25) is 9.69 Å². The van der Waals surface area contributed by atoms with Gasteiger partial charge >= 0.3 is 0 Å². The molecule has 1 amide bonds. The number of nitrogens with zero attached hydrogens (tertiary/aromatic N) is 1. The first kappa shape index (κ1) is 13.6. The van der Waals surface area contributed by atoms with Crippen LogP contribution in [0.15, 0.2) is 17.5 Å². The maximum Gasteiger partial charge on any atom is 0.220 e. The van der Waals surface area contributed by atoms with E-state index in [1.165, 1.54) is 24.3 Å². The number of thiophene rings is 1. The Morgan fingerprint density at radius 1 is 1.61 bits per heavy atom. The van der Waals surface area contributed by atoms with Gasteiger partial charge in [0.2, 0.25) is 5.91 Å². The van der Waals surface area contributed by atoms with Crippen LogP contribution in [0.1, 0.15) is 31.1 Å². The van der Waals surface area contributed by atoms with Gasteiger partial charge in [0, 0.05) is 23.9 Å². The third-order valence-corrected chi connectivity index (χ3v) is 4.55. The SMILES string of the molecule is CCN1CCCC1CNC(=O)CCc1cccs1. The van der Waals surface area contributed by atoms with Crippen molar-refractivity contribution in [2.75, 3.05) is 19.6 Å². The fourth-order valence-corrected chi connectivity index (χ4v) is 3.26. The summed E-state index contributed by atoms with van der Waals surface area (Å²) in [6.07, 6.45) is 3.97. The van der Waals surface area contributed by atoms with Gasteiger partial charge in [-0.2, -0.15) is 0 Å². The molecule has 1 aromatic heterocycles. The summed E-state index contributed by atoms with van der Waals surface area (Å²) in [6.45, 7) is 5.29. The van der Waals surface area contributed by atoms with Gasteiger partial charge in [0.15, 0.2) is 0 Å². The Balaban J connectivity index is 1.65. The van der Waals surface area contributed by atoms with Crippen LogP contribution in [0.2, 0.25) is 0 Å². The highest BCUT2D eigenvalue weighted by Crippen LogP contribution is 2.15. The Hall–Kier alpha value is -0.870. The van der Waals surface area contributed by atoms with E-state index in [2.05, 4.69) is 28.6 Å². The van der Waals surface area contributed by atoms with Gasteiger partial charge in [-0.1, -0.05) is 13.0 Å². The molecule has 0 aromatic carbocycles. The maximum atomic E-state index is 11.8. The quantitative estimate of drug-likeness (QED) is 0.857. The predicted molar refractivity (Wildman–Crippen MR) is 75.9 cm³/mol. The van der Waals surface area contributed by atoms with Crippen LogP contribution in [0.5, 0.6) is 0 Å². The third-order valence-electron chi connectivity index (χ3n) is 3.62. The largest absolute Gasteiger partial charge is 0.355 e. The topological polar surface area (TPSA) is 32.3 Å². The van der Waals surface area contributed by atoms with Crippen molar-refractivity contribution in [1.82, 2.24) is 10.2 Å². The molecule has 2 rings (SSSR count). The van der Waals surface area contributed by atoms with Crippen molar-refractivity contribution in [3.8, 4) is 0 Å². The lowest BCUT2D eigenvalue weighted by atomic mass is 10.2. The summed E-state index contributed by atoms with van der Waals surface area (Å²) >= 11 is 1.72. The smallest absolute Gasteiger partial charge is 0.220 e. The second-order valence-electron chi connectivity index (χ2n) is 4.81. The Labute approximate surface area is 113 Å². The molecule has 1 atom stereocenters. The van der Waals surface area contributed by atoms with Crippen LogP contribution in [0.3, 0.4) is 0 Å². The highest BCUT2D eigenvalue weighted by Gasteiger charge is 2.22. The molecule has 1 aromatic rings. The van der Waals surface area contributed by atoms with Gasteiger partial charge in [0.05, 0.1) is 0 Å². The number of hydrogen-bond donors (Lipinski definition) is 1. The summed E-state index contributed by atoms with van der Waals surface area (Å²) in [5.74, 6) is 0.186. The van der Waals surface area contributed by atoms with Crippen molar-refractivity contribution < 1.29 is 4.79 Å². The van der Waals surface area contributed by atoms with E-state index < -0.39 is 0 Å². The van der Waals surface area contributed by atoms with Crippen molar-refractivity contribution in [3.05, 3.63) is 22.4 Å². The average molecular weight is 266 g/mol. The number of hydrogen-bond acceptors (Lipinski definition) is 3. The van der Waals surface area contributed by atoms with Gasteiger partial charge in [-0.25, -0.2) is 0 Å². The van der Waals surface area contributed by atoms with E-state index >= 15 is 0 Å². The zero-order valence-corrected chi connectivity index (χ0v) is 11.8. The lowest BCUT2D eigenvalue weighted by molar-refractivity contribution is -0.121. The van der Waals surface area contributed by atoms with Crippen molar-refractivity contribution in [3.63, 3.8) is 0 Å². The number of nitrogens with one attached hydrogen (secondary N) is 1. The lowest BCUT2D eigenvalue weighted by Gasteiger charge is -2.22. The molecule has 3 nitrogen and oxygen atoms in total. The maximum absolute atomic E-state index is 11.8. The highest BCUT2D eigenvalue weighted by molar-refractivity contribution is 7.09. The van der Waals surface area contributed by atoms with Crippen LogP contribution < -0.4 is 5.32 Å². The molecule has 0 saturated carbocycles. The molecule has 0 spiro atoms. The van der Waals surface area contributed by atoms with E-state index in [4.69, 9.17) is 0 Å². The minimum absolute atomic E-state index is 0.186. The molecule has 1 aliphatic heterocycles. The molecule has 1 saturated heterocycles. The van der Waals surface area contributed by atoms with Crippen molar-refractivity contribution in [2.45, 2.75) is 38.6 Å². The average Bonchev–Trinajstić information content (AvgIpc) is 3.04. The molecule has 0 bridgehead atoms. The van der Waals surface area contributed by atoms with Gasteiger partial charge in [-0.05, 0) is 43.8 Å². The summed E-state index contributed by atoms with van der Waals surface area (Å²) in [5, 5.41) is 5.14. The van der Waals surface area contributed by atoms with Crippen LogP contribution in [-0.4, -0.2) is 36.5 Å². The number of carbonyl (C=O) groups excluding carboxylic acids is 1. The molecule has 100 valence electrons. The zero-order chi connectivity index (χ0) is 12.8. The third kappa shape index (κ3) is 3.82. The fraction of sp³-hybridized carbons (Fsp3) is 0.643. The summed E-state index contributed by atoms with van der Waals surface area (Å²) in [5.41, 5.74) is 0. The molecule has 0 aliphatic carbocycles. The minimum atomic E-state index is 0.186. The van der Waals surface area contributed by atoms with E-state index in [1.807, 2.05) is 6.07 Å². The number of aryl methyl sites for hydroxylation is 1. The molecule has 4 heteroatoms. The monoisotopic (exact) mass is 266 g/mol. The standard InChI is InChI=1S/C14H22N2OS/c1-2-16-9-3-5-12(16)11-15-14(17)8-7-13-6-4-10-18-13/h4,6,10,12H,2-3,5,7-9,11H2,1H3,(H,15,17). The summed E-state index contributed by atoms with van der Waals surface area (Å²) in [4.78, 5) is 15.5. The molecular formula is C14H22N2OS. The summed E-state index contributed by atoms with van der Waals surface area (Å²) < 4.78 is 0. The van der Waals surface area contributed by atoms with Gasteiger partial charge < -0.3 is 5.32 Å². The molecule has 1 fully saturated rings. The Kier molecular flexibility index (Phi) is 5.20. The second-order valence-corrected chi connectivity index (χ2v) is 5.84. The van der Waals surface area contributed by atoms with Crippen LogP contribution in [0.4, 0.5) is 0 Å². The molecule has 1 N–H and O–H groups in total. The van der Waals surface area contributed by atoms with Crippen molar-refractivity contribution >= 4 is 17.2 Å². The van der Waals surface area contributed by atoms with E-state index in [0.29, 0.717) is 12.5 Å². The first-order valence-electron chi connectivity index (χ1n) is 6.82. The number of likely N-dealkylation sites (N-methyl/N-ethyl adjacent to an activating group) is 1. The molecule has 1 aliphatic rings. The fourth-order valence-electron chi connectivity index (χ4n) is 2.55. The van der Waals surface area contributed by atoms with Crippen LogP contribution in [0.25, 0.3) is 0 Å². The highest BCUT2D eigenvalue weighted by atomic mass is 32.1. The lowest BCUT2D eigenvalue weighted by Crippen LogP contribution is -2.40. The first-order chi connectivity index (χ1) is 8.79. The normalized spacial score (nSPS) is 20.2. The van der Waals surface area contributed by atoms with Gasteiger partial charge in [-0.15, -0.1) is 11.3 Å². The molecule has 2 heterocycles. The van der Waals surface area contributed by atoms with E-state index in [1.54, 1.807) is 11.3 Å². The van der Waals surface area contributed by atoms with Crippen molar-refractivity contribution in [2.24, 2.45) is 0 Å². The minimum Gasteiger partial charge on any atom is -0.355 e.